The Labute approximate surface area is 450 Å². The zero-order valence-electron chi connectivity index (χ0n) is 42.0. The second kappa shape index (κ2) is 28.1. The van der Waals surface area contributed by atoms with Crippen molar-refractivity contribution in [3.63, 3.8) is 0 Å². The van der Waals surface area contributed by atoms with Gasteiger partial charge < -0.3 is 47.4 Å². The fraction of sp³-hybridized carbons (Fsp3) is 0.304. The number of carbonyl (C=O) groups excluding carboxylic acids is 7. The number of nitriles is 1. The molecule has 2 saturated carbocycles. The molecule has 78 heavy (non-hydrogen) atoms. The normalized spacial score (nSPS) is 16.8. The molecule has 0 saturated heterocycles. The van der Waals surface area contributed by atoms with Crippen molar-refractivity contribution in [3.05, 3.63) is 128 Å². The fourth-order valence-corrected chi connectivity index (χ4v) is 9.12. The largest absolute Gasteiger partial charge is 0.465 e. The van der Waals surface area contributed by atoms with Crippen LogP contribution in [0.4, 0.5) is 10.8 Å². The molecule has 0 N–H and O–H groups in total. The molecule has 0 aliphatic heterocycles. The van der Waals surface area contributed by atoms with E-state index in [2.05, 4.69) is 41.0 Å². The van der Waals surface area contributed by atoms with Gasteiger partial charge in [-0.05, 0) is 124 Å². The van der Waals surface area contributed by atoms with Crippen LogP contribution >= 0.6 is 11.3 Å². The zero-order chi connectivity index (χ0) is 55.4. The Hall–Kier alpha value is -9.23. The molecule has 21 nitrogen and oxygen atoms in total. The summed E-state index contributed by atoms with van der Waals surface area (Å²) < 4.78 is 54.5. The highest BCUT2D eigenvalue weighted by molar-refractivity contribution is 7.22. The van der Waals surface area contributed by atoms with Crippen LogP contribution in [0.2, 0.25) is 0 Å². The molecule has 0 amide bonds. The summed E-state index contributed by atoms with van der Waals surface area (Å²) >= 11 is 1.20. The van der Waals surface area contributed by atoms with E-state index in [1.54, 1.807) is 60.7 Å². The van der Waals surface area contributed by atoms with Crippen LogP contribution in [0.5, 0.6) is 34.5 Å². The Morgan fingerprint density at radius 1 is 0.551 bits per heavy atom. The molecule has 0 bridgehead atoms. The van der Waals surface area contributed by atoms with Crippen molar-refractivity contribution in [2.75, 3.05) is 27.0 Å². The number of thiazole rings is 1. The maximum absolute atomic E-state index is 13.8. The number of ether oxygens (including phenoxy) is 10. The predicted octanol–water partition coefficient (Wildman–Crippen LogP) is 9.59. The Kier molecular flexibility index (Phi) is 20.3. The molecule has 2 fully saturated rings. The van der Waals surface area contributed by atoms with Crippen molar-refractivity contribution in [3.8, 4) is 40.6 Å². The fourth-order valence-electron chi connectivity index (χ4n) is 8.17. The SMILES string of the molecule is C=CC(=O)OCOc1ccc(OC(=O)C2CCC(C(=O)OCCc3ccc(OC(=O)C4CCC(C(=O)Oc5ccc(OCOC(=O)C=C)c(OCOC(=O)C=C)c5)CC4)c4nc(/N=N/c5ccc(C#N)cc5)sc34)CC2)cc1. The minimum absolute atomic E-state index is 0.0146. The summed E-state index contributed by atoms with van der Waals surface area (Å²) in [7, 11) is 0. The van der Waals surface area contributed by atoms with E-state index < -0.39 is 73.1 Å². The molecule has 22 heteroatoms. The van der Waals surface area contributed by atoms with E-state index in [1.807, 2.05) is 0 Å². The van der Waals surface area contributed by atoms with Gasteiger partial charge in [0.05, 0.1) is 52.3 Å². The number of azo groups is 1. The lowest BCUT2D eigenvalue weighted by Gasteiger charge is -2.26. The maximum Gasteiger partial charge on any atom is 0.333 e. The van der Waals surface area contributed by atoms with Crippen LogP contribution in [-0.4, -0.2) is 73.8 Å². The number of hydrogen-bond donors (Lipinski definition) is 0. The van der Waals surface area contributed by atoms with Gasteiger partial charge in [0.2, 0.25) is 25.5 Å². The van der Waals surface area contributed by atoms with Crippen LogP contribution in [0.1, 0.15) is 62.5 Å². The van der Waals surface area contributed by atoms with Gasteiger partial charge in [-0.15, -0.1) is 10.2 Å². The molecule has 0 spiro atoms. The molecular weight excluding hydrogens is 1030 g/mol. The number of nitrogens with zero attached hydrogens (tertiary/aromatic N) is 4. The minimum Gasteiger partial charge on any atom is -0.465 e. The first-order valence-electron chi connectivity index (χ1n) is 24.5. The average Bonchev–Trinajstić information content (AvgIpc) is 3.97. The van der Waals surface area contributed by atoms with Gasteiger partial charge in [-0.25, -0.2) is 19.4 Å². The summed E-state index contributed by atoms with van der Waals surface area (Å²) in [6, 6.07) is 22.4. The van der Waals surface area contributed by atoms with Crippen molar-refractivity contribution >= 4 is 74.2 Å². The van der Waals surface area contributed by atoms with Crippen molar-refractivity contribution in [2.24, 2.45) is 33.9 Å². The second-order valence-corrected chi connectivity index (χ2v) is 18.4. The summed E-state index contributed by atoms with van der Waals surface area (Å²) in [4.78, 5) is 92.3. The molecule has 0 atom stereocenters. The third-order valence-electron chi connectivity index (χ3n) is 12.4. The van der Waals surface area contributed by atoms with Crippen LogP contribution in [0.3, 0.4) is 0 Å². The summed E-state index contributed by atoms with van der Waals surface area (Å²) in [5.74, 6) is -4.73. The van der Waals surface area contributed by atoms with Gasteiger partial charge in [-0.1, -0.05) is 37.1 Å². The molecule has 404 valence electrons. The van der Waals surface area contributed by atoms with Crippen molar-refractivity contribution < 1.29 is 80.9 Å². The number of esters is 7. The van der Waals surface area contributed by atoms with E-state index in [0.717, 1.165) is 23.8 Å². The van der Waals surface area contributed by atoms with E-state index in [-0.39, 0.29) is 47.5 Å². The number of fused-ring (bicyclic) bond motifs is 1. The van der Waals surface area contributed by atoms with Crippen molar-refractivity contribution in [2.45, 2.75) is 57.8 Å². The summed E-state index contributed by atoms with van der Waals surface area (Å²) in [6.45, 7) is 8.69. The van der Waals surface area contributed by atoms with Crippen LogP contribution < -0.4 is 28.4 Å². The zero-order valence-corrected chi connectivity index (χ0v) is 42.8. The van der Waals surface area contributed by atoms with E-state index in [4.69, 9.17) is 47.4 Å². The van der Waals surface area contributed by atoms with Crippen LogP contribution in [0.15, 0.2) is 127 Å². The maximum atomic E-state index is 13.8. The minimum atomic E-state index is -0.741. The summed E-state index contributed by atoms with van der Waals surface area (Å²) in [6.07, 6.45) is 6.27. The van der Waals surface area contributed by atoms with Gasteiger partial charge in [0.1, 0.15) is 22.8 Å². The van der Waals surface area contributed by atoms with Crippen LogP contribution in [-0.2, 0) is 58.9 Å². The Morgan fingerprint density at radius 3 is 1.60 bits per heavy atom. The van der Waals surface area contributed by atoms with E-state index in [1.165, 1.54) is 29.5 Å². The number of aromatic nitrogens is 1. The molecule has 2 aliphatic rings. The lowest BCUT2D eigenvalue weighted by Crippen LogP contribution is -2.30. The van der Waals surface area contributed by atoms with E-state index in [0.29, 0.717) is 90.8 Å². The third kappa shape index (κ3) is 16.1. The molecular formula is C56H52N4O17S. The smallest absolute Gasteiger partial charge is 0.333 e. The van der Waals surface area contributed by atoms with Crippen molar-refractivity contribution in [1.29, 1.82) is 5.26 Å². The van der Waals surface area contributed by atoms with Crippen molar-refractivity contribution in [1.82, 2.24) is 4.98 Å². The van der Waals surface area contributed by atoms with Gasteiger partial charge >= 0.3 is 41.8 Å². The topological polar surface area (TPSA) is 273 Å². The molecule has 7 rings (SSSR count). The number of hydrogen-bond acceptors (Lipinski definition) is 22. The molecule has 1 aromatic heterocycles. The van der Waals surface area contributed by atoms with Crippen LogP contribution in [0.25, 0.3) is 10.2 Å². The standard InChI is InChI=1S/C56H52N4O17S/c1-4-47(61)72-31-69-41-20-22-42(23-21-41)75-53(65)37-11-9-36(10-12-37)52(64)68-28-27-35-17-25-45(50-51(35)78-56(58-50)60-59-40-18-7-34(30-57)8-19-40)77-55(67)39-15-13-38(14-16-39)54(66)76-43-24-26-44(70-32-73-48(62)5-2)46(29-43)71-33-74-49(63)6-3/h4-8,17-26,29,36-39H,1-3,9-16,27-28,31-33H2/b60-59+. The third-order valence-corrected chi connectivity index (χ3v) is 13.4. The van der Waals surface area contributed by atoms with Gasteiger partial charge in [0.15, 0.2) is 17.2 Å². The lowest BCUT2D eigenvalue weighted by molar-refractivity contribution is -0.152. The van der Waals surface area contributed by atoms with Gasteiger partial charge in [-0.2, -0.15) is 5.26 Å². The Balaban J connectivity index is 0.931. The monoisotopic (exact) mass is 1080 g/mol. The first-order valence-corrected chi connectivity index (χ1v) is 25.3. The second-order valence-electron chi connectivity index (χ2n) is 17.4. The quantitative estimate of drug-likeness (QED) is 0.0139. The highest BCUT2D eigenvalue weighted by Gasteiger charge is 2.34. The predicted molar refractivity (Wildman–Crippen MR) is 276 cm³/mol. The first-order chi connectivity index (χ1) is 37.8. The first kappa shape index (κ1) is 56.5. The Morgan fingerprint density at radius 2 is 1.04 bits per heavy atom. The van der Waals surface area contributed by atoms with E-state index in [9.17, 15) is 38.8 Å². The molecule has 0 unspecified atom stereocenters. The highest BCUT2D eigenvalue weighted by Crippen LogP contribution is 2.40. The summed E-state index contributed by atoms with van der Waals surface area (Å²) in [5.41, 5.74) is 2.04. The van der Waals surface area contributed by atoms with E-state index >= 15 is 0 Å². The molecule has 5 aromatic rings. The Bertz CT molecular complexity index is 3090. The number of benzene rings is 4. The molecule has 0 radical (unpaired) electrons. The number of carbonyl (C=O) groups is 7. The van der Waals surface area contributed by atoms with Gasteiger partial charge in [-0.3, -0.25) is 19.2 Å². The highest BCUT2D eigenvalue weighted by atomic mass is 32.1. The van der Waals surface area contributed by atoms with Gasteiger partial charge in [0, 0.05) is 30.7 Å². The molecule has 1 heterocycles. The summed E-state index contributed by atoms with van der Waals surface area (Å²) in [5, 5.41) is 18.1. The molecule has 4 aromatic carbocycles. The molecule has 2 aliphatic carbocycles. The van der Waals surface area contributed by atoms with Crippen LogP contribution in [0, 0.1) is 35.0 Å². The number of rotatable bonds is 24. The average molecular weight is 1090 g/mol. The lowest BCUT2D eigenvalue weighted by atomic mass is 9.82. The van der Waals surface area contributed by atoms with Gasteiger partial charge in [0.25, 0.3) is 0 Å².